The molecule has 11 heavy (non-hydrogen) atoms. The van der Waals surface area contributed by atoms with E-state index in [0.717, 1.165) is 12.0 Å². The van der Waals surface area contributed by atoms with Crippen LogP contribution in [-0.2, 0) is 0 Å². The minimum atomic E-state index is 0.736. The van der Waals surface area contributed by atoms with E-state index in [1.807, 2.05) is 0 Å². The molecule has 0 aliphatic carbocycles. The fourth-order valence-corrected chi connectivity index (χ4v) is 1.83. The fourth-order valence-electron chi connectivity index (χ4n) is 1.83. The molecule has 0 amide bonds. The smallest absolute Gasteiger partial charge is 0.00895 e. The largest absolute Gasteiger partial charge is 0.317 e. The van der Waals surface area contributed by atoms with Gasteiger partial charge in [-0.25, -0.2) is 0 Å². The molecule has 0 heterocycles. The highest BCUT2D eigenvalue weighted by atomic mass is 14.9. The maximum absolute atomic E-state index is 3.39. The molecule has 0 bridgehead atoms. The first-order valence-corrected chi connectivity index (χ1v) is 4.97. The van der Waals surface area contributed by atoms with Gasteiger partial charge in [-0.15, -0.1) is 0 Å². The van der Waals surface area contributed by atoms with E-state index in [2.05, 4.69) is 33.1 Å². The Balaban J connectivity index is 3.76. The summed E-state index contributed by atoms with van der Waals surface area (Å²) in [4.78, 5) is 0. The lowest BCUT2D eigenvalue weighted by Gasteiger charge is -2.24. The molecule has 0 aromatic heterocycles. The number of hydrogen-bond donors (Lipinski definition) is 1. The van der Waals surface area contributed by atoms with E-state index in [-0.39, 0.29) is 0 Å². The van der Waals surface area contributed by atoms with E-state index in [1.165, 1.54) is 25.7 Å². The molecular formula is C10H23N. The summed E-state index contributed by atoms with van der Waals surface area (Å²) in [5.74, 6) is 0.884. The van der Waals surface area contributed by atoms with Crippen LogP contribution in [-0.4, -0.2) is 13.1 Å². The molecule has 2 unspecified atom stereocenters. The van der Waals surface area contributed by atoms with Gasteiger partial charge in [0, 0.05) is 6.04 Å². The van der Waals surface area contributed by atoms with Crippen molar-refractivity contribution in [1.82, 2.24) is 5.32 Å². The lowest BCUT2D eigenvalue weighted by molar-refractivity contribution is 0.330. The van der Waals surface area contributed by atoms with Gasteiger partial charge in [-0.3, -0.25) is 0 Å². The monoisotopic (exact) mass is 157 g/mol. The van der Waals surface area contributed by atoms with Crippen molar-refractivity contribution in [2.75, 3.05) is 7.05 Å². The summed E-state index contributed by atoms with van der Waals surface area (Å²) in [5, 5.41) is 3.39. The first-order chi connectivity index (χ1) is 5.29. The van der Waals surface area contributed by atoms with Crippen LogP contribution in [0.1, 0.15) is 46.5 Å². The highest BCUT2D eigenvalue weighted by Gasteiger charge is 2.14. The third-order valence-corrected chi connectivity index (χ3v) is 2.56. The Bertz CT molecular complexity index is 76.9. The first-order valence-electron chi connectivity index (χ1n) is 4.97. The predicted octanol–water partition coefficient (Wildman–Crippen LogP) is 2.81. The van der Waals surface area contributed by atoms with Crippen LogP contribution in [0.15, 0.2) is 0 Å². The summed E-state index contributed by atoms with van der Waals surface area (Å²) >= 11 is 0. The van der Waals surface area contributed by atoms with Gasteiger partial charge in [-0.1, -0.05) is 33.6 Å². The zero-order valence-corrected chi connectivity index (χ0v) is 8.48. The zero-order chi connectivity index (χ0) is 8.69. The van der Waals surface area contributed by atoms with Crippen molar-refractivity contribution in [3.05, 3.63) is 0 Å². The minimum Gasteiger partial charge on any atom is -0.317 e. The Hall–Kier alpha value is -0.0400. The molecule has 0 rings (SSSR count). The Labute approximate surface area is 71.6 Å². The molecule has 0 spiro atoms. The van der Waals surface area contributed by atoms with Crippen molar-refractivity contribution in [3.8, 4) is 0 Å². The molecule has 1 heteroatoms. The lowest BCUT2D eigenvalue weighted by Crippen LogP contribution is -2.32. The Morgan fingerprint density at radius 2 is 1.73 bits per heavy atom. The summed E-state index contributed by atoms with van der Waals surface area (Å²) in [7, 11) is 2.08. The Kier molecular flexibility index (Phi) is 6.63. The molecule has 0 aliphatic heterocycles. The van der Waals surface area contributed by atoms with Gasteiger partial charge in [0.05, 0.1) is 0 Å². The molecule has 0 aliphatic rings. The molecular weight excluding hydrogens is 134 g/mol. The molecule has 0 fully saturated rings. The standard InChI is InChI=1S/C10H23N/c1-5-8-9(6-2)10(7-3)11-4/h9-11H,5-8H2,1-4H3. The van der Waals surface area contributed by atoms with Crippen LogP contribution in [0.2, 0.25) is 0 Å². The van der Waals surface area contributed by atoms with Crippen molar-refractivity contribution in [2.45, 2.75) is 52.5 Å². The lowest BCUT2D eigenvalue weighted by atomic mass is 9.91. The summed E-state index contributed by atoms with van der Waals surface area (Å²) in [5.41, 5.74) is 0. The van der Waals surface area contributed by atoms with E-state index in [9.17, 15) is 0 Å². The minimum absolute atomic E-state index is 0.736. The quantitative estimate of drug-likeness (QED) is 0.625. The summed E-state index contributed by atoms with van der Waals surface area (Å²) in [6.07, 6.45) is 5.26. The van der Waals surface area contributed by atoms with Crippen LogP contribution >= 0.6 is 0 Å². The first kappa shape index (κ1) is 11.0. The number of rotatable bonds is 6. The molecule has 1 N–H and O–H groups in total. The maximum Gasteiger partial charge on any atom is 0.00895 e. The van der Waals surface area contributed by atoms with Crippen molar-refractivity contribution >= 4 is 0 Å². The van der Waals surface area contributed by atoms with Crippen LogP contribution in [0.4, 0.5) is 0 Å². The van der Waals surface area contributed by atoms with Crippen LogP contribution in [0.25, 0.3) is 0 Å². The van der Waals surface area contributed by atoms with Gasteiger partial charge in [0.2, 0.25) is 0 Å². The van der Waals surface area contributed by atoms with Crippen molar-refractivity contribution < 1.29 is 0 Å². The van der Waals surface area contributed by atoms with Gasteiger partial charge in [-0.05, 0) is 25.8 Å². The fraction of sp³-hybridized carbons (Fsp3) is 1.00. The average molecular weight is 157 g/mol. The normalized spacial score (nSPS) is 16.4. The second-order valence-electron chi connectivity index (χ2n) is 3.26. The highest BCUT2D eigenvalue weighted by molar-refractivity contribution is 4.71. The molecule has 0 saturated heterocycles. The van der Waals surface area contributed by atoms with Crippen molar-refractivity contribution in [2.24, 2.45) is 5.92 Å². The van der Waals surface area contributed by atoms with Crippen LogP contribution in [0.5, 0.6) is 0 Å². The SMILES string of the molecule is CCCC(CC)C(CC)NC. The molecule has 0 saturated carbocycles. The van der Waals surface area contributed by atoms with E-state index < -0.39 is 0 Å². The third kappa shape index (κ3) is 3.76. The van der Waals surface area contributed by atoms with Gasteiger partial charge >= 0.3 is 0 Å². The van der Waals surface area contributed by atoms with Crippen molar-refractivity contribution in [1.29, 1.82) is 0 Å². The highest BCUT2D eigenvalue weighted by Crippen LogP contribution is 2.17. The zero-order valence-electron chi connectivity index (χ0n) is 8.48. The Morgan fingerprint density at radius 1 is 1.09 bits per heavy atom. The second-order valence-corrected chi connectivity index (χ2v) is 3.26. The van der Waals surface area contributed by atoms with Gasteiger partial charge in [0.15, 0.2) is 0 Å². The summed E-state index contributed by atoms with van der Waals surface area (Å²) in [6.45, 7) is 6.82. The van der Waals surface area contributed by atoms with E-state index in [1.54, 1.807) is 0 Å². The number of nitrogens with one attached hydrogen (secondary N) is 1. The van der Waals surface area contributed by atoms with E-state index in [0.29, 0.717) is 0 Å². The van der Waals surface area contributed by atoms with Gasteiger partial charge in [0.1, 0.15) is 0 Å². The summed E-state index contributed by atoms with van der Waals surface area (Å²) in [6, 6.07) is 0.736. The number of hydrogen-bond acceptors (Lipinski definition) is 1. The maximum atomic E-state index is 3.39. The predicted molar refractivity (Wildman–Crippen MR) is 51.8 cm³/mol. The van der Waals surface area contributed by atoms with Gasteiger partial charge in [-0.2, -0.15) is 0 Å². The third-order valence-electron chi connectivity index (χ3n) is 2.56. The van der Waals surface area contributed by atoms with Gasteiger partial charge in [0.25, 0.3) is 0 Å². The Morgan fingerprint density at radius 3 is 2.00 bits per heavy atom. The van der Waals surface area contributed by atoms with Crippen LogP contribution in [0.3, 0.4) is 0 Å². The van der Waals surface area contributed by atoms with E-state index in [4.69, 9.17) is 0 Å². The van der Waals surface area contributed by atoms with Crippen LogP contribution in [0, 0.1) is 5.92 Å². The van der Waals surface area contributed by atoms with E-state index >= 15 is 0 Å². The molecule has 0 radical (unpaired) electrons. The molecule has 68 valence electrons. The van der Waals surface area contributed by atoms with Gasteiger partial charge < -0.3 is 5.32 Å². The van der Waals surface area contributed by atoms with Crippen LogP contribution < -0.4 is 5.32 Å². The summed E-state index contributed by atoms with van der Waals surface area (Å²) < 4.78 is 0. The molecule has 1 nitrogen and oxygen atoms in total. The molecule has 0 aromatic carbocycles. The average Bonchev–Trinajstić information content (AvgIpc) is 2.05. The topological polar surface area (TPSA) is 12.0 Å². The molecule has 0 aromatic rings. The van der Waals surface area contributed by atoms with Crippen molar-refractivity contribution in [3.63, 3.8) is 0 Å². The second kappa shape index (κ2) is 6.66. The molecule has 2 atom stereocenters.